The zero-order chi connectivity index (χ0) is 15.1. The summed E-state index contributed by atoms with van der Waals surface area (Å²) in [4.78, 5) is 0. The smallest absolute Gasteiger partial charge is 0.313 e. The van der Waals surface area contributed by atoms with Crippen molar-refractivity contribution in [3.8, 4) is 0 Å². The van der Waals surface area contributed by atoms with Gasteiger partial charge >= 0.3 is 5.77 Å². The van der Waals surface area contributed by atoms with E-state index in [4.69, 9.17) is 4.52 Å². The third kappa shape index (κ3) is 12.6. The summed E-state index contributed by atoms with van der Waals surface area (Å²) in [6, 6.07) is 0. The van der Waals surface area contributed by atoms with Gasteiger partial charge in [0.15, 0.2) is 0 Å². The highest BCUT2D eigenvalue weighted by atomic mass is 33.1. The van der Waals surface area contributed by atoms with E-state index >= 15 is 0 Å². The molecule has 0 fully saturated rings. The third-order valence-corrected chi connectivity index (χ3v) is 10.6. The van der Waals surface area contributed by atoms with Crippen LogP contribution >= 0.6 is 28.5 Å². The Labute approximate surface area is 134 Å². The quantitative estimate of drug-likeness (QED) is 0.233. The average Bonchev–Trinajstić information content (AvgIpc) is 2.45. The van der Waals surface area contributed by atoms with E-state index in [1.54, 1.807) is 22.8 Å². The SMILES string of the molecule is CCCCCOP(=O)(SCCCCC)SCCCCC. The lowest BCUT2D eigenvalue weighted by Gasteiger charge is -2.17. The van der Waals surface area contributed by atoms with Gasteiger partial charge in [0.1, 0.15) is 0 Å². The molecule has 0 aromatic heterocycles. The van der Waals surface area contributed by atoms with Gasteiger partial charge in [0, 0.05) is 11.5 Å². The van der Waals surface area contributed by atoms with E-state index in [1.807, 2.05) is 0 Å². The number of hydrogen-bond acceptors (Lipinski definition) is 4. The van der Waals surface area contributed by atoms with Crippen LogP contribution in [0, 0.1) is 0 Å². The minimum absolute atomic E-state index is 0.659. The van der Waals surface area contributed by atoms with Gasteiger partial charge in [0.05, 0.1) is 6.61 Å². The molecule has 20 heavy (non-hydrogen) atoms. The van der Waals surface area contributed by atoms with Crippen molar-refractivity contribution in [2.24, 2.45) is 0 Å². The fourth-order valence-corrected chi connectivity index (χ4v) is 8.63. The highest BCUT2D eigenvalue weighted by molar-refractivity contribution is 8.89. The second-order valence-corrected chi connectivity index (χ2v) is 12.7. The molecule has 2 nitrogen and oxygen atoms in total. The molecule has 5 heteroatoms. The van der Waals surface area contributed by atoms with E-state index in [2.05, 4.69) is 20.8 Å². The molecular weight excluding hydrogens is 307 g/mol. The first-order chi connectivity index (χ1) is 9.68. The summed E-state index contributed by atoms with van der Waals surface area (Å²) >= 11 is 3.15. The Morgan fingerprint density at radius 3 is 1.65 bits per heavy atom. The van der Waals surface area contributed by atoms with Crippen LogP contribution in [0.3, 0.4) is 0 Å². The number of rotatable bonds is 15. The molecule has 0 rings (SSSR count). The Kier molecular flexibility index (Phi) is 15.5. The fraction of sp³-hybridized carbons (Fsp3) is 1.00. The van der Waals surface area contributed by atoms with E-state index in [0.717, 1.165) is 30.8 Å². The average molecular weight is 341 g/mol. The van der Waals surface area contributed by atoms with E-state index < -0.39 is 5.77 Å². The molecule has 122 valence electrons. The van der Waals surface area contributed by atoms with E-state index in [1.165, 1.54) is 38.5 Å². The Bertz CT molecular complexity index is 212. The molecule has 0 heterocycles. The third-order valence-electron chi connectivity index (χ3n) is 2.99. The molecule has 0 atom stereocenters. The molecule has 0 aliphatic carbocycles. The lowest BCUT2D eigenvalue weighted by molar-refractivity contribution is 0.323. The van der Waals surface area contributed by atoms with Gasteiger partial charge in [0.2, 0.25) is 0 Å². The lowest BCUT2D eigenvalue weighted by Crippen LogP contribution is -1.92. The predicted molar refractivity (Wildman–Crippen MR) is 97.0 cm³/mol. The lowest BCUT2D eigenvalue weighted by atomic mass is 10.3. The Morgan fingerprint density at radius 1 is 0.750 bits per heavy atom. The second kappa shape index (κ2) is 14.8. The highest BCUT2D eigenvalue weighted by Crippen LogP contribution is 2.70. The first kappa shape index (κ1) is 20.9. The van der Waals surface area contributed by atoms with Gasteiger partial charge in [0.25, 0.3) is 0 Å². The molecule has 0 aromatic carbocycles. The summed E-state index contributed by atoms with van der Waals surface area (Å²) in [5.74, 6) is -0.563. The number of unbranched alkanes of at least 4 members (excludes halogenated alkanes) is 6. The first-order valence-corrected chi connectivity index (χ1v) is 13.0. The molecular formula is C15H33O2PS2. The molecule has 0 aromatic rings. The maximum absolute atomic E-state index is 12.8. The van der Waals surface area contributed by atoms with E-state index in [0.29, 0.717) is 6.61 Å². The molecule has 0 N–H and O–H groups in total. The monoisotopic (exact) mass is 340 g/mol. The minimum atomic E-state index is -2.51. The summed E-state index contributed by atoms with van der Waals surface area (Å²) in [5, 5.41) is 0. The molecule has 0 saturated heterocycles. The highest BCUT2D eigenvalue weighted by Gasteiger charge is 2.24. The molecule has 0 spiro atoms. The van der Waals surface area contributed by atoms with Crippen LogP contribution in [0.15, 0.2) is 0 Å². The molecule has 0 bridgehead atoms. The van der Waals surface area contributed by atoms with Crippen LogP contribution in [-0.2, 0) is 9.09 Å². The van der Waals surface area contributed by atoms with Crippen LogP contribution in [0.25, 0.3) is 0 Å². The second-order valence-electron chi connectivity index (χ2n) is 5.07. The van der Waals surface area contributed by atoms with E-state index in [9.17, 15) is 4.57 Å². The largest absolute Gasteiger partial charge is 0.314 e. The summed E-state index contributed by atoms with van der Waals surface area (Å²) < 4.78 is 18.6. The topological polar surface area (TPSA) is 26.3 Å². The van der Waals surface area contributed by atoms with Crippen molar-refractivity contribution in [1.29, 1.82) is 0 Å². The van der Waals surface area contributed by atoms with Gasteiger partial charge in [-0.1, -0.05) is 82.1 Å². The number of hydrogen-bond donors (Lipinski definition) is 0. The van der Waals surface area contributed by atoms with Crippen molar-refractivity contribution in [2.75, 3.05) is 18.1 Å². The summed E-state index contributed by atoms with van der Waals surface area (Å²) in [5.41, 5.74) is 0. The van der Waals surface area contributed by atoms with Crippen molar-refractivity contribution >= 4 is 28.5 Å². The van der Waals surface area contributed by atoms with Crippen LogP contribution in [0.1, 0.15) is 78.6 Å². The molecule has 0 radical (unpaired) electrons. The van der Waals surface area contributed by atoms with Crippen LogP contribution < -0.4 is 0 Å². The zero-order valence-corrected chi connectivity index (χ0v) is 16.1. The fourth-order valence-electron chi connectivity index (χ4n) is 1.70. The van der Waals surface area contributed by atoms with E-state index in [-0.39, 0.29) is 0 Å². The molecule has 0 aliphatic rings. The normalized spacial score (nSPS) is 11.9. The molecule has 0 saturated carbocycles. The van der Waals surface area contributed by atoms with Crippen molar-refractivity contribution in [1.82, 2.24) is 0 Å². The van der Waals surface area contributed by atoms with Crippen molar-refractivity contribution < 1.29 is 9.09 Å². The predicted octanol–water partition coefficient (Wildman–Crippen LogP) is 7.15. The maximum Gasteiger partial charge on any atom is 0.313 e. The van der Waals surface area contributed by atoms with Gasteiger partial charge in [-0.3, -0.25) is 4.57 Å². The Hall–Kier alpha value is 0.890. The van der Waals surface area contributed by atoms with Crippen LogP contribution in [0.4, 0.5) is 0 Å². The van der Waals surface area contributed by atoms with Crippen LogP contribution in [0.2, 0.25) is 0 Å². The van der Waals surface area contributed by atoms with Crippen molar-refractivity contribution in [3.05, 3.63) is 0 Å². The Balaban J connectivity index is 4.02. The van der Waals surface area contributed by atoms with Crippen LogP contribution in [-0.4, -0.2) is 18.1 Å². The van der Waals surface area contributed by atoms with Gasteiger partial charge in [-0.2, -0.15) is 0 Å². The first-order valence-electron chi connectivity index (χ1n) is 8.22. The van der Waals surface area contributed by atoms with Gasteiger partial charge in [-0.05, 0) is 19.3 Å². The van der Waals surface area contributed by atoms with Gasteiger partial charge < -0.3 is 4.52 Å². The van der Waals surface area contributed by atoms with Crippen molar-refractivity contribution in [2.45, 2.75) is 78.6 Å². The zero-order valence-electron chi connectivity index (χ0n) is 13.6. The molecule has 0 amide bonds. The molecule has 0 unspecified atom stereocenters. The Morgan fingerprint density at radius 2 is 1.20 bits per heavy atom. The molecule has 0 aliphatic heterocycles. The minimum Gasteiger partial charge on any atom is -0.314 e. The summed E-state index contributed by atoms with van der Waals surface area (Å²) in [6.45, 7) is 7.24. The van der Waals surface area contributed by atoms with Gasteiger partial charge in [-0.15, -0.1) is 0 Å². The standard InChI is InChI=1S/C15H33O2PS2/c1-4-7-10-13-17-18(16,19-14-11-8-5-2)20-15-12-9-6-3/h4-15H2,1-3H3. The summed E-state index contributed by atoms with van der Waals surface area (Å²) in [7, 11) is 0. The van der Waals surface area contributed by atoms with Crippen LogP contribution in [0.5, 0.6) is 0 Å². The van der Waals surface area contributed by atoms with Crippen molar-refractivity contribution in [3.63, 3.8) is 0 Å². The maximum atomic E-state index is 12.8. The summed E-state index contributed by atoms with van der Waals surface area (Å²) in [6.07, 6.45) is 10.6. The van der Waals surface area contributed by atoms with Gasteiger partial charge in [-0.25, -0.2) is 0 Å².